The molecule has 0 aromatic heterocycles. The largest absolute Gasteiger partial charge is 0.343 e. The van der Waals surface area contributed by atoms with Gasteiger partial charge >= 0.3 is 0 Å². The highest BCUT2D eigenvalue weighted by atomic mass is 16.2. The zero-order valence-electron chi connectivity index (χ0n) is 15.6. The number of nitrogens with zero attached hydrogens (tertiary/aromatic N) is 1. The number of hydrogen-bond donors (Lipinski definition) is 1. The average molecular weight is 354 g/mol. The third-order valence-electron chi connectivity index (χ3n) is 6.61. The van der Waals surface area contributed by atoms with Gasteiger partial charge in [0.2, 0.25) is 5.91 Å². The Kier molecular flexibility index (Phi) is 5.39. The molecule has 2 heterocycles. The number of amides is 1. The highest BCUT2D eigenvalue weighted by Gasteiger charge is 2.31. The van der Waals surface area contributed by atoms with Gasteiger partial charge in [0.05, 0.1) is 0 Å². The number of benzene rings is 1. The van der Waals surface area contributed by atoms with E-state index in [4.69, 9.17) is 0 Å². The summed E-state index contributed by atoms with van der Waals surface area (Å²) in [5, 5.41) is 3.47. The van der Waals surface area contributed by atoms with Gasteiger partial charge in [0, 0.05) is 31.5 Å². The second-order valence-electron chi connectivity index (χ2n) is 8.25. The fourth-order valence-electron chi connectivity index (χ4n) is 4.90. The first-order valence-electron chi connectivity index (χ1n) is 10.3. The maximum Gasteiger partial charge on any atom is 0.223 e. The summed E-state index contributed by atoms with van der Waals surface area (Å²) in [4.78, 5) is 27.2. The van der Waals surface area contributed by atoms with E-state index in [0.717, 1.165) is 69.3 Å². The zero-order chi connectivity index (χ0) is 17.9. The van der Waals surface area contributed by atoms with Gasteiger partial charge in [-0.25, -0.2) is 0 Å². The quantitative estimate of drug-likeness (QED) is 0.846. The molecule has 0 saturated carbocycles. The van der Waals surface area contributed by atoms with E-state index >= 15 is 0 Å². The minimum Gasteiger partial charge on any atom is -0.343 e. The molecule has 4 heteroatoms. The van der Waals surface area contributed by atoms with Gasteiger partial charge in [0.1, 0.15) is 0 Å². The number of carbonyl (C=O) groups excluding carboxylic acids is 2. The number of carbonyl (C=O) groups is 2. The Morgan fingerprint density at radius 2 is 1.65 bits per heavy atom. The van der Waals surface area contributed by atoms with E-state index < -0.39 is 0 Å². The highest BCUT2D eigenvalue weighted by Crippen LogP contribution is 2.27. The van der Waals surface area contributed by atoms with Crippen LogP contribution in [0.4, 0.5) is 0 Å². The van der Waals surface area contributed by atoms with Gasteiger partial charge in [-0.3, -0.25) is 9.59 Å². The first-order chi connectivity index (χ1) is 12.7. The van der Waals surface area contributed by atoms with Crippen molar-refractivity contribution in [3.63, 3.8) is 0 Å². The molecule has 0 spiro atoms. The zero-order valence-corrected chi connectivity index (χ0v) is 15.6. The Balaban J connectivity index is 1.30. The Hall–Kier alpha value is -1.68. The maximum absolute atomic E-state index is 12.6. The maximum atomic E-state index is 12.6. The number of hydrogen-bond acceptors (Lipinski definition) is 3. The minimum atomic E-state index is 0.114. The number of nitrogens with one attached hydrogen (secondary N) is 1. The second kappa shape index (κ2) is 7.91. The lowest BCUT2D eigenvalue weighted by molar-refractivity contribution is -0.131. The SMILES string of the molecule is O=C(CCC(=O)N1CC[C@@H]2CNC[C@@H]2CC1)c1ccc2c(c1)CCCC2. The van der Waals surface area contributed by atoms with Crippen LogP contribution in [0.5, 0.6) is 0 Å². The molecular weight excluding hydrogens is 324 g/mol. The Morgan fingerprint density at radius 1 is 0.962 bits per heavy atom. The summed E-state index contributed by atoms with van der Waals surface area (Å²) in [6.45, 7) is 3.91. The van der Waals surface area contributed by atoms with Gasteiger partial charge < -0.3 is 10.2 Å². The molecule has 2 aliphatic heterocycles. The van der Waals surface area contributed by atoms with Crippen LogP contribution in [0.15, 0.2) is 18.2 Å². The molecule has 26 heavy (non-hydrogen) atoms. The summed E-state index contributed by atoms with van der Waals surface area (Å²) in [5.41, 5.74) is 3.52. The van der Waals surface area contributed by atoms with Crippen molar-refractivity contribution in [3.05, 3.63) is 34.9 Å². The second-order valence-corrected chi connectivity index (χ2v) is 8.25. The average Bonchev–Trinajstić information content (AvgIpc) is 3.03. The molecule has 1 amide bonds. The highest BCUT2D eigenvalue weighted by molar-refractivity contribution is 5.98. The number of likely N-dealkylation sites (tertiary alicyclic amines) is 1. The Morgan fingerprint density at radius 3 is 2.38 bits per heavy atom. The van der Waals surface area contributed by atoms with E-state index in [9.17, 15) is 9.59 Å². The molecule has 4 nitrogen and oxygen atoms in total. The molecule has 0 radical (unpaired) electrons. The van der Waals surface area contributed by atoms with Crippen molar-refractivity contribution < 1.29 is 9.59 Å². The standard InChI is InChI=1S/C22H30N2O2/c25-21(18-6-5-16-3-1-2-4-17(16)13-18)7-8-22(26)24-11-9-19-14-23-15-20(19)10-12-24/h5-6,13,19-20,23H,1-4,7-12,14-15H2/t19-,20+. The van der Waals surface area contributed by atoms with Gasteiger partial charge in [0.25, 0.3) is 0 Å². The van der Waals surface area contributed by atoms with E-state index in [1.165, 1.54) is 24.0 Å². The van der Waals surface area contributed by atoms with Crippen LogP contribution >= 0.6 is 0 Å². The molecule has 3 aliphatic rings. The summed E-state index contributed by atoms with van der Waals surface area (Å²) < 4.78 is 0. The predicted molar refractivity (Wildman–Crippen MR) is 102 cm³/mol. The first kappa shape index (κ1) is 17.7. The van der Waals surface area contributed by atoms with Crippen molar-refractivity contribution in [1.82, 2.24) is 10.2 Å². The van der Waals surface area contributed by atoms with Crippen LogP contribution in [-0.4, -0.2) is 42.8 Å². The number of ketones is 1. The molecule has 2 saturated heterocycles. The molecule has 1 aromatic rings. The van der Waals surface area contributed by atoms with Crippen LogP contribution in [0.3, 0.4) is 0 Å². The number of Topliss-reactive ketones (excluding diaryl/α,β-unsaturated/α-hetero) is 1. The molecule has 1 aromatic carbocycles. The number of fused-ring (bicyclic) bond motifs is 2. The van der Waals surface area contributed by atoms with Crippen molar-refractivity contribution in [2.75, 3.05) is 26.2 Å². The van der Waals surface area contributed by atoms with Crippen LogP contribution in [0.1, 0.15) is 60.0 Å². The van der Waals surface area contributed by atoms with E-state index in [2.05, 4.69) is 17.4 Å². The molecule has 2 atom stereocenters. The van der Waals surface area contributed by atoms with Gasteiger partial charge in [-0.1, -0.05) is 12.1 Å². The van der Waals surface area contributed by atoms with Gasteiger partial charge in [-0.05, 0) is 80.6 Å². The molecular formula is C22H30N2O2. The van der Waals surface area contributed by atoms with Crippen LogP contribution in [0.25, 0.3) is 0 Å². The predicted octanol–water partition coefficient (Wildman–Crippen LogP) is 2.99. The Bertz CT molecular complexity index is 671. The molecule has 0 unspecified atom stereocenters. The molecule has 140 valence electrons. The minimum absolute atomic E-state index is 0.114. The molecule has 1 aliphatic carbocycles. The van der Waals surface area contributed by atoms with Gasteiger partial charge in [0.15, 0.2) is 5.78 Å². The summed E-state index contributed by atoms with van der Waals surface area (Å²) in [7, 11) is 0. The summed E-state index contributed by atoms with van der Waals surface area (Å²) in [6, 6.07) is 6.14. The molecule has 2 fully saturated rings. The first-order valence-corrected chi connectivity index (χ1v) is 10.3. The lowest BCUT2D eigenvalue weighted by Crippen LogP contribution is -2.33. The summed E-state index contributed by atoms with van der Waals surface area (Å²) >= 11 is 0. The Labute approximate surface area is 156 Å². The topological polar surface area (TPSA) is 49.4 Å². The number of rotatable bonds is 4. The number of aryl methyl sites for hydroxylation is 2. The van der Waals surface area contributed by atoms with E-state index in [-0.39, 0.29) is 11.7 Å². The van der Waals surface area contributed by atoms with E-state index in [0.29, 0.717) is 12.8 Å². The fraction of sp³-hybridized carbons (Fsp3) is 0.636. The van der Waals surface area contributed by atoms with E-state index in [1.54, 1.807) is 0 Å². The molecule has 0 bridgehead atoms. The molecule has 4 rings (SSSR count). The normalized spacial score (nSPS) is 25.3. The van der Waals surface area contributed by atoms with Crippen molar-refractivity contribution in [2.24, 2.45) is 11.8 Å². The smallest absolute Gasteiger partial charge is 0.223 e. The van der Waals surface area contributed by atoms with Crippen molar-refractivity contribution in [2.45, 2.75) is 51.4 Å². The summed E-state index contributed by atoms with van der Waals surface area (Å²) in [6.07, 6.45) is 7.57. The van der Waals surface area contributed by atoms with Crippen molar-refractivity contribution in [1.29, 1.82) is 0 Å². The van der Waals surface area contributed by atoms with Crippen LogP contribution < -0.4 is 5.32 Å². The fourth-order valence-corrected chi connectivity index (χ4v) is 4.90. The third kappa shape index (κ3) is 3.85. The van der Waals surface area contributed by atoms with Crippen LogP contribution in [0, 0.1) is 11.8 Å². The lowest BCUT2D eigenvalue weighted by Gasteiger charge is -2.21. The van der Waals surface area contributed by atoms with Crippen LogP contribution in [-0.2, 0) is 17.6 Å². The van der Waals surface area contributed by atoms with Crippen LogP contribution in [0.2, 0.25) is 0 Å². The van der Waals surface area contributed by atoms with Gasteiger partial charge in [-0.2, -0.15) is 0 Å². The van der Waals surface area contributed by atoms with E-state index in [1.807, 2.05) is 11.0 Å². The van der Waals surface area contributed by atoms with Gasteiger partial charge in [-0.15, -0.1) is 0 Å². The van der Waals surface area contributed by atoms with Crippen molar-refractivity contribution in [3.8, 4) is 0 Å². The lowest BCUT2D eigenvalue weighted by atomic mass is 9.89. The third-order valence-corrected chi connectivity index (χ3v) is 6.61. The summed E-state index contributed by atoms with van der Waals surface area (Å²) in [5.74, 6) is 1.72. The monoisotopic (exact) mass is 354 g/mol. The van der Waals surface area contributed by atoms with Crippen molar-refractivity contribution >= 4 is 11.7 Å². The molecule has 1 N–H and O–H groups in total.